The summed E-state index contributed by atoms with van der Waals surface area (Å²) < 4.78 is 5.56. The summed E-state index contributed by atoms with van der Waals surface area (Å²) in [6.07, 6.45) is 1.01. The number of rotatable bonds is 3. The van der Waals surface area contributed by atoms with E-state index in [1.165, 1.54) is 11.1 Å². The van der Waals surface area contributed by atoms with E-state index in [0.717, 1.165) is 31.9 Å². The number of nitrogens with two attached hydrogens (primary N) is 1. The van der Waals surface area contributed by atoms with Crippen molar-refractivity contribution in [3.05, 3.63) is 29.3 Å². The molecule has 2 aliphatic rings. The average Bonchev–Trinajstić information content (AvgIpc) is 2.96. The molecule has 0 saturated carbocycles. The predicted octanol–water partition coefficient (Wildman–Crippen LogP) is 1.95. The normalized spacial score (nSPS) is 21.5. The van der Waals surface area contributed by atoms with E-state index in [2.05, 4.69) is 41.9 Å². The molecule has 4 heteroatoms. The monoisotopic (exact) mass is 259 g/mol. The van der Waals surface area contributed by atoms with Crippen LogP contribution in [-0.4, -0.2) is 30.6 Å². The molecule has 1 unspecified atom stereocenters. The van der Waals surface area contributed by atoms with Gasteiger partial charge in [-0.1, -0.05) is 19.9 Å². The molecule has 0 aliphatic carbocycles. The summed E-state index contributed by atoms with van der Waals surface area (Å²) >= 11 is 0. The maximum atomic E-state index is 6.02. The minimum absolute atomic E-state index is 0.285. The van der Waals surface area contributed by atoms with Crippen LogP contribution in [0.5, 0.6) is 5.75 Å². The van der Waals surface area contributed by atoms with Gasteiger partial charge in [-0.05, 0) is 29.2 Å². The zero-order valence-electron chi connectivity index (χ0n) is 11.6. The summed E-state index contributed by atoms with van der Waals surface area (Å²) in [5, 5.41) is 0. The van der Waals surface area contributed by atoms with Crippen LogP contribution >= 0.6 is 0 Å². The lowest BCUT2D eigenvalue weighted by Crippen LogP contribution is -2.38. The summed E-state index contributed by atoms with van der Waals surface area (Å²) in [4.78, 5) is 6.64. The van der Waals surface area contributed by atoms with E-state index in [0.29, 0.717) is 11.9 Å². The van der Waals surface area contributed by atoms with Crippen molar-refractivity contribution in [1.29, 1.82) is 0 Å². The largest absolute Gasteiger partial charge is 0.493 e. The van der Waals surface area contributed by atoms with Crippen LogP contribution in [0.25, 0.3) is 0 Å². The van der Waals surface area contributed by atoms with Gasteiger partial charge in [0, 0.05) is 13.0 Å². The van der Waals surface area contributed by atoms with Gasteiger partial charge in [0.25, 0.3) is 0 Å². The Kier molecular flexibility index (Phi) is 3.09. The fraction of sp³-hybridized carbons (Fsp3) is 0.533. The summed E-state index contributed by atoms with van der Waals surface area (Å²) in [6.45, 7) is 6.93. The van der Waals surface area contributed by atoms with Gasteiger partial charge in [-0.25, -0.2) is 0 Å². The van der Waals surface area contributed by atoms with Crippen molar-refractivity contribution in [2.45, 2.75) is 26.3 Å². The highest BCUT2D eigenvalue weighted by molar-refractivity contribution is 5.80. The van der Waals surface area contributed by atoms with Crippen molar-refractivity contribution in [1.82, 2.24) is 4.90 Å². The molecule has 2 aliphatic heterocycles. The van der Waals surface area contributed by atoms with Crippen molar-refractivity contribution in [2.24, 2.45) is 16.6 Å². The van der Waals surface area contributed by atoms with Gasteiger partial charge in [-0.2, -0.15) is 0 Å². The first-order chi connectivity index (χ1) is 9.15. The highest BCUT2D eigenvalue weighted by Crippen LogP contribution is 2.32. The molecule has 2 N–H and O–H groups in total. The van der Waals surface area contributed by atoms with Gasteiger partial charge >= 0.3 is 0 Å². The molecule has 4 nitrogen and oxygen atoms in total. The molecule has 2 heterocycles. The Balaban J connectivity index is 1.85. The first-order valence-electron chi connectivity index (χ1n) is 6.97. The number of hydrogen-bond acceptors (Lipinski definition) is 4. The SMILES string of the molecule is CC(C)CN1C(N)=NCC1c1ccc2c(c1)CCO2. The number of guanidine groups is 1. The lowest BCUT2D eigenvalue weighted by molar-refractivity contribution is 0.309. The Labute approximate surface area is 114 Å². The molecule has 0 fully saturated rings. The second kappa shape index (κ2) is 4.76. The third kappa shape index (κ3) is 2.27. The molecule has 1 aromatic carbocycles. The Bertz CT molecular complexity index is 510. The molecule has 0 radical (unpaired) electrons. The minimum Gasteiger partial charge on any atom is -0.493 e. The van der Waals surface area contributed by atoms with Crippen LogP contribution in [0.3, 0.4) is 0 Å². The molecule has 0 bridgehead atoms. The van der Waals surface area contributed by atoms with Gasteiger partial charge in [-0.15, -0.1) is 0 Å². The second-order valence-electron chi connectivity index (χ2n) is 5.73. The van der Waals surface area contributed by atoms with Gasteiger partial charge in [0.1, 0.15) is 5.75 Å². The number of hydrogen-bond donors (Lipinski definition) is 1. The summed E-state index contributed by atoms with van der Waals surface area (Å²) in [7, 11) is 0. The highest BCUT2D eigenvalue weighted by Gasteiger charge is 2.28. The topological polar surface area (TPSA) is 50.8 Å². The molecule has 19 heavy (non-hydrogen) atoms. The quantitative estimate of drug-likeness (QED) is 0.902. The Morgan fingerprint density at radius 2 is 2.32 bits per heavy atom. The lowest BCUT2D eigenvalue weighted by atomic mass is 10.0. The van der Waals surface area contributed by atoms with E-state index < -0.39 is 0 Å². The fourth-order valence-corrected chi connectivity index (χ4v) is 2.84. The van der Waals surface area contributed by atoms with Crippen molar-refractivity contribution >= 4 is 5.96 Å². The van der Waals surface area contributed by atoms with Crippen LogP contribution < -0.4 is 10.5 Å². The highest BCUT2D eigenvalue weighted by atomic mass is 16.5. The first kappa shape index (κ1) is 12.3. The van der Waals surface area contributed by atoms with E-state index in [4.69, 9.17) is 10.5 Å². The number of ether oxygens (including phenoxy) is 1. The second-order valence-corrected chi connectivity index (χ2v) is 5.73. The Morgan fingerprint density at radius 1 is 1.47 bits per heavy atom. The third-order valence-electron chi connectivity index (χ3n) is 3.76. The minimum atomic E-state index is 0.285. The van der Waals surface area contributed by atoms with Crippen molar-refractivity contribution in [3.8, 4) is 5.75 Å². The van der Waals surface area contributed by atoms with Crippen LogP contribution in [0.15, 0.2) is 23.2 Å². The molecule has 0 amide bonds. The number of benzene rings is 1. The predicted molar refractivity (Wildman–Crippen MR) is 76.4 cm³/mol. The van der Waals surface area contributed by atoms with E-state index in [9.17, 15) is 0 Å². The van der Waals surface area contributed by atoms with Crippen molar-refractivity contribution < 1.29 is 4.74 Å². The van der Waals surface area contributed by atoms with Gasteiger partial charge in [0.15, 0.2) is 5.96 Å². The van der Waals surface area contributed by atoms with E-state index in [-0.39, 0.29) is 6.04 Å². The summed E-state index contributed by atoms with van der Waals surface area (Å²) in [6, 6.07) is 6.78. The molecular formula is C15H21N3O. The molecule has 1 aromatic rings. The lowest BCUT2D eigenvalue weighted by Gasteiger charge is -2.28. The molecule has 0 saturated heterocycles. The van der Waals surface area contributed by atoms with Crippen LogP contribution in [0.2, 0.25) is 0 Å². The van der Waals surface area contributed by atoms with E-state index in [1.54, 1.807) is 0 Å². The zero-order valence-corrected chi connectivity index (χ0v) is 11.6. The molecule has 102 valence electrons. The van der Waals surface area contributed by atoms with Gasteiger partial charge in [-0.3, -0.25) is 4.99 Å². The molecular weight excluding hydrogens is 238 g/mol. The number of fused-ring (bicyclic) bond motifs is 1. The molecule has 3 rings (SSSR count). The molecule has 0 aromatic heterocycles. The smallest absolute Gasteiger partial charge is 0.191 e. The van der Waals surface area contributed by atoms with Crippen molar-refractivity contribution in [2.75, 3.05) is 19.7 Å². The zero-order chi connectivity index (χ0) is 13.4. The fourth-order valence-electron chi connectivity index (χ4n) is 2.84. The summed E-state index contributed by atoms with van der Waals surface area (Å²) in [5.41, 5.74) is 8.63. The third-order valence-corrected chi connectivity index (χ3v) is 3.76. The van der Waals surface area contributed by atoms with Crippen LogP contribution in [0.4, 0.5) is 0 Å². The number of nitrogens with zero attached hydrogens (tertiary/aromatic N) is 2. The van der Waals surface area contributed by atoms with Crippen molar-refractivity contribution in [3.63, 3.8) is 0 Å². The van der Waals surface area contributed by atoms with Gasteiger partial charge in [0.05, 0.1) is 19.2 Å². The maximum Gasteiger partial charge on any atom is 0.191 e. The Morgan fingerprint density at radius 3 is 3.11 bits per heavy atom. The Hall–Kier alpha value is -1.71. The van der Waals surface area contributed by atoms with Gasteiger partial charge in [0.2, 0.25) is 0 Å². The average molecular weight is 259 g/mol. The standard InChI is InChI=1S/C15H21N3O/c1-10(2)9-18-13(8-17-15(18)16)11-3-4-14-12(7-11)5-6-19-14/h3-4,7,10,13H,5-6,8-9H2,1-2H3,(H2,16,17). The summed E-state index contributed by atoms with van der Waals surface area (Å²) in [5.74, 6) is 2.29. The van der Waals surface area contributed by atoms with E-state index in [1.807, 2.05) is 0 Å². The molecule has 0 spiro atoms. The van der Waals surface area contributed by atoms with Crippen LogP contribution in [0.1, 0.15) is 31.0 Å². The first-order valence-corrected chi connectivity index (χ1v) is 6.97. The van der Waals surface area contributed by atoms with Gasteiger partial charge < -0.3 is 15.4 Å². The molecule has 1 atom stereocenters. The number of aliphatic imine (C=N–C) groups is 1. The van der Waals surface area contributed by atoms with Crippen LogP contribution in [-0.2, 0) is 6.42 Å². The van der Waals surface area contributed by atoms with Crippen LogP contribution in [0, 0.1) is 5.92 Å². The van der Waals surface area contributed by atoms with E-state index >= 15 is 0 Å². The maximum absolute atomic E-state index is 6.02.